The molecule has 9 heteroatoms. The largest absolute Gasteiger partial charge is 0.495 e. The lowest BCUT2D eigenvalue weighted by Crippen LogP contribution is -2.40. The van der Waals surface area contributed by atoms with Crippen LogP contribution < -0.4 is 10.1 Å². The van der Waals surface area contributed by atoms with Gasteiger partial charge in [-0.3, -0.25) is 9.78 Å². The third-order valence-electron chi connectivity index (χ3n) is 4.89. The molecule has 30 heavy (non-hydrogen) atoms. The van der Waals surface area contributed by atoms with E-state index in [2.05, 4.69) is 10.3 Å². The summed E-state index contributed by atoms with van der Waals surface area (Å²) in [6, 6.07) is 13.6. The van der Waals surface area contributed by atoms with E-state index >= 15 is 0 Å². The van der Waals surface area contributed by atoms with Gasteiger partial charge in [0.25, 0.3) is 5.91 Å². The van der Waals surface area contributed by atoms with Crippen molar-refractivity contribution in [1.82, 2.24) is 9.29 Å². The van der Waals surface area contributed by atoms with Gasteiger partial charge in [-0.25, -0.2) is 8.42 Å². The molecule has 0 aliphatic carbocycles. The first-order valence-electron chi connectivity index (χ1n) is 9.42. The van der Waals surface area contributed by atoms with Gasteiger partial charge in [-0.15, -0.1) is 0 Å². The number of nitrogens with one attached hydrogen (secondary N) is 1. The van der Waals surface area contributed by atoms with Crippen LogP contribution in [0.4, 0.5) is 5.69 Å². The van der Waals surface area contributed by atoms with Crippen LogP contribution in [0.2, 0.25) is 0 Å². The molecular formula is C21H21N3O5S. The van der Waals surface area contributed by atoms with Gasteiger partial charge in [-0.1, -0.05) is 18.2 Å². The zero-order valence-electron chi connectivity index (χ0n) is 16.4. The lowest BCUT2D eigenvalue weighted by atomic mass is 10.1. The van der Waals surface area contributed by atoms with Gasteiger partial charge in [0.15, 0.2) is 0 Å². The number of hydrogen-bond donors (Lipinski definition) is 1. The van der Waals surface area contributed by atoms with E-state index in [1.807, 2.05) is 12.1 Å². The summed E-state index contributed by atoms with van der Waals surface area (Å²) in [5.41, 5.74) is 1.33. The molecule has 2 heterocycles. The number of sulfonamides is 1. The number of carbonyl (C=O) groups excluding carboxylic acids is 1. The SMILES string of the molecule is COc1ccc(NC(=O)c2cccc3cccnc23)cc1S(=O)(=O)N1CCOCC1. The van der Waals surface area contributed by atoms with Crippen LogP contribution in [-0.2, 0) is 14.8 Å². The molecule has 156 valence electrons. The highest BCUT2D eigenvalue weighted by atomic mass is 32.2. The number of methoxy groups -OCH3 is 1. The lowest BCUT2D eigenvalue weighted by molar-refractivity contribution is 0.0729. The molecule has 1 N–H and O–H groups in total. The maximum atomic E-state index is 13.1. The minimum Gasteiger partial charge on any atom is -0.495 e. The fourth-order valence-electron chi connectivity index (χ4n) is 3.37. The van der Waals surface area contributed by atoms with Crippen molar-refractivity contribution < 1.29 is 22.7 Å². The number of hydrogen-bond acceptors (Lipinski definition) is 6. The van der Waals surface area contributed by atoms with Gasteiger partial charge in [0.05, 0.1) is 31.4 Å². The van der Waals surface area contributed by atoms with E-state index in [9.17, 15) is 13.2 Å². The van der Waals surface area contributed by atoms with Crippen LogP contribution in [0.5, 0.6) is 5.75 Å². The zero-order valence-corrected chi connectivity index (χ0v) is 17.2. The second-order valence-electron chi connectivity index (χ2n) is 6.72. The summed E-state index contributed by atoms with van der Waals surface area (Å²) in [5.74, 6) is -0.162. The molecule has 8 nitrogen and oxygen atoms in total. The second-order valence-corrected chi connectivity index (χ2v) is 8.62. The number of amides is 1. The highest BCUT2D eigenvalue weighted by Crippen LogP contribution is 2.30. The molecule has 1 aliphatic heterocycles. The molecule has 0 atom stereocenters. The quantitative estimate of drug-likeness (QED) is 0.672. The predicted octanol–water partition coefficient (Wildman–Crippen LogP) is 2.52. The average molecular weight is 427 g/mol. The standard InChI is InChI=1S/C21H21N3O5S/c1-28-18-8-7-16(14-19(18)30(26,27)24-10-12-29-13-11-24)23-21(25)17-6-2-4-15-5-3-9-22-20(15)17/h2-9,14H,10-13H2,1H3,(H,23,25). The number of benzene rings is 2. The van der Waals surface area contributed by atoms with E-state index in [0.717, 1.165) is 5.39 Å². The third-order valence-corrected chi connectivity index (χ3v) is 6.81. The minimum atomic E-state index is -3.80. The number of anilines is 1. The Balaban J connectivity index is 1.67. The van der Waals surface area contributed by atoms with Crippen LogP contribution in [0.1, 0.15) is 10.4 Å². The van der Waals surface area contributed by atoms with Crippen molar-refractivity contribution >= 4 is 32.5 Å². The second kappa shape index (κ2) is 8.39. The van der Waals surface area contributed by atoms with E-state index in [1.54, 1.807) is 30.5 Å². The number of aromatic nitrogens is 1. The Morgan fingerprint density at radius 2 is 1.90 bits per heavy atom. The van der Waals surface area contributed by atoms with Crippen LogP contribution in [-0.4, -0.2) is 57.0 Å². The Bertz CT molecular complexity index is 1180. The molecule has 1 aliphatic rings. The molecule has 1 saturated heterocycles. The molecule has 1 fully saturated rings. The Kier molecular flexibility index (Phi) is 5.67. The number of para-hydroxylation sites is 1. The molecule has 0 radical (unpaired) electrons. The van der Waals surface area contributed by atoms with Crippen LogP contribution in [0, 0.1) is 0 Å². The highest BCUT2D eigenvalue weighted by Gasteiger charge is 2.29. The summed E-state index contributed by atoms with van der Waals surface area (Å²) < 4.78 is 38.1. The van der Waals surface area contributed by atoms with E-state index in [0.29, 0.717) is 30.0 Å². The Morgan fingerprint density at radius 3 is 2.67 bits per heavy atom. The van der Waals surface area contributed by atoms with Gasteiger partial charge >= 0.3 is 0 Å². The van der Waals surface area contributed by atoms with Gasteiger partial charge in [0.2, 0.25) is 10.0 Å². The lowest BCUT2D eigenvalue weighted by Gasteiger charge is -2.26. The molecule has 4 rings (SSSR count). The maximum Gasteiger partial charge on any atom is 0.257 e. The molecule has 0 saturated carbocycles. The van der Waals surface area contributed by atoms with Crippen LogP contribution >= 0.6 is 0 Å². The van der Waals surface area contributed by atoms with Crippen molar-refractivity contribution in [1.29, 1.82) is 0 Å². The summed E-state index contributed by atoms with van der Waals surface area (Å²) in [6.45, 7) is 1.21. The monoisotopic (exact) mass is 427 g/mol. The summed E-state index contributed by atoms with van der Waals surface area (Å²) in [4.78, 5) is 17.2. The highest BCUT2D eigenvalue weighted by molar-refractivity contribution is 7.89. The maximum absolute atomic E-state index is 13.1. The summed E-state index contributed by atoms with van der Waals surface area (Å²) in [6.07, 6.45) is 1.62. The fourth-order valence-corrected chi connectivity index (χ4v) is 4.96. The number of morpholine rings is 1. The molecule has 0 spiro atoms. The van der Waals surface area contributed by atoms with Gasteiger partial charge in [0, 0.05) is 30.4 Å². The van der Waals surface area contributed by atoms with E-state index in [-0.39, 0.29) is 29.6 Å². The number of nitrogens with zero attached hydrogens (tertiary/aromatic N) is 2. The summed E-state index contributed by atoms with van der Waals surface area (Å²) >= 11 is 0. The molecule has 0 unspecified atom stereocenters. The Labute approximate surface area is 174 Å². The number of fused-ring (bicyclic) bond motifs is 1. The smallest absolute Gasteiger partial charge is 0.257 e. The first-order chi connectivity index (χ1) is 14.5. The molecule has 3 aromatic rings. The number of ether oxygens (including phenoxy) is 2. The van der Waals surface area contributed by atoms with Gasteiger partial charge in [-0.05, 0) is 30.3 Å². The van der Waals surface area contributed by atoms with Crippen molar-refractivity contribution in [3.63, 3.8) is 0 Å². The number of pyridine rings is 1. The normalized spacial score (nSPS) is 15.1. The first-order valence-corrected chi connectivity index (χ1v) is 10.9. The fraction of sp³-hybridized carbons (Fsp3) is 0.238. The van der Waals surface area contributed by atoms with Gasteiger partial charge < -0.3 is 14.8 Å². The minimum absolute atomic E-state index is 0.000690. The molecule has 1 amide bonds. The average Bonchev–Trinajstić information content (AvgIpc) is 2.79. The van der Waals surface area contributed by atoms with Crippen molar-refractivity contribution in [3.05, 3.63) is 60.3 Å². The van der Waals surface area contributed by atoms with E-state index in [1.165, 1.54) is 23.5 Å². The zero-order chi connectivity index (χ0) is 21.1. The van der Waals surface area contributed by atoms with E-state index in [4.69, 9.17) is 9.47 Å². The summed E-state index contributed by atoms with van der Waals surface area (Å²) in [7, 11) is -2.39. The predicted molar refractivity (Wildman–Crippen MR) is 112 cm³/mol. The van der Waals surface area contributed by atoms with E-state index < -0.39 is 10.0 Å². The molecule has 0 bridgehead atoms. The third kappa shape index (κ3) is 3.87. The van der Waals surface area contributed by atoms with Gasteiger partial charge in [-0.2, -0.15) is 4.31 Å². The van der Waals surface area contributed by atoms with Crippen molar-refractivity contribution in [2.45, 2.75) is 4.90 Å². The first kappa shape index (κ1) is 20.3. The summed E-state index contributed by atoms with van der Waals surface area (Å²) in [5, 5.41) is 3.62. The Hall–Kier alpha value is -3.01. The molecule has 1 aromatic heterocycles. The number of carbonyl (C=O) groups is 1. The molecular weight excluding hydrogens is 406 g/mol. The van der Waals surface area contributed by atoms with Crippen LogP contribution in [0.3, 0.4) is 0 Å². The van der Waals surface area contributed by atoms with Crippen molar-refractivity contribution in [3.8, 4) is 5.75 Å². The topological polar surface area (TPSA) is 97.8 Å². The van der Waals surface area contributed by atoms with Gasteiger partial charge in [0.1, 0.15) is 10.6 Å². The van der Waals surface area contributed by atoms with Crippen LogP contribution in [0.25, 0.3) is 10.9 Å². The van der Waals surface area contributed by atoms with Crippen LogP contribution in [0.15, 0.2) is 59.6 Å². The Morgan fingerprint density at radius 1 is 1.13 bits per heavy atom. The number of rotatable bonds is 5. The van der Waals surface area contributed by atoms with Crippen molar-refractivity contribution in [2.75, 3.05) is 38.7 Å². The molecule has 2 aromatic carbocycles. The van der Waals surface area contributed by atoms with Crippen molar-refractivity contribution in [2.24, 2.45) is 0 Å².